The second kappa shape index (κ2) is 9.69. The number of hydrogen-bond acceptors (Lipinski definition) is 6. The van der Waals surface area contributed by atoms with Crippen molar-refractivity contribution in [1.29, 1.82) is 0 Å². The topological polar surface area (TPSA) is 59.9 Å². The van der Waals surface area contributed by atoms with Crippen LogP contribution in [0.3, 0.4) is 0 Å². The lowest BCUT2D eigenvalue weighted by molar-refractivity contribution is 0.101. The van der Waals surface area contributed by atoms with Gasteiger partial charge in [0.2, 0.25) is 0 Å². The number of nitrogens with zero attached hydrogens (tertiary/aromatic N) is 2. The smallest absolute Gasteiger partial charge is 0.189 e. The Labute approximate surface area is 183 Å². The molecule has 0 aliphatic heterocycles. The van der Waals surface area contributed by atoms with Crippen LogP contribution >= 0.6 is 23.5 Å². The molecule has 0 atom stereocenters. The normalized spacial score (nSPS) is 10.8. The van der Waals surface area contributed by atoms with Crippen LogP contribution in [0, 0.1) is 0 Å². The number of ketones is 2. The maximum Gasteiger partial charge on any atom is 0.189 e. The van der Waals surface area contributed by atoms with Crippen molar-refractivity contribution in [2.45, 2.75) is 10.2 Å². The van der Waals surface area contributed by atoms with Crippen LogP contribution < -0.4 is 0 Å². The Morgan fingerprint density at radius 3 is 1.80 bits per heavy atom. The Balaban J connectivity index is 1.52. The monoisotopic (exact) mass is 430 g/mol. The highest BCUT2D eigenvalue weighted by molar-refractivity contribution is 8.00. The first kappa shape index (κ1) is 20.3. The zero-order valence-corrected chi connectivity index (χ0v) is 17.7. The SMILES string of the molecule is O=C(CSc1nc(SCC(=O)c2ccccc2)c2ccccc2n1)c1ccccc1. The van der Waals surface area contributed by atoms with Crippen molar-refractivity contribution >= 4 is 46.0 Å². The van der Waals surface area contributed by atoms with Crippen molar-refractivity contribution in [3.05, 3.63) is 96.1 Å². The highest BCUT2D eigenvalue weighted by Crippen LogP contribution is 2.28. The van der Waals surface area contributed by atoms with E-state index in [0.717, 1.165) is 15.9 Å². The molecule has 0 unspecified atom stereocenters. The molecule has 0 amide bonds. The molecule has 0 spiro atoms. The lowest BCUT2D eigenvalue weighted by Gasteiger charge is -2.08. The first-order valence-corrected chi connectivity index (χ1v) is 11.4. The molecule has 0 saturated heterocycles. The van der Waals surface area contributed by atoms with Gasteiger partial charge < -0.3 is 0 Å². The first-order valence-electron chi connectivity index (χ1n) is 9.39. The highest BCUT2D eigenvalue weighted by atomic mass is 32.2. The summed E-state index contributed by atoms with van der Waals surface area (Å²) in [6, 6.07) is 26.2. The number of Topliss-reactive ketones (excluding diaryl/α,β-unsaturated/α-hetero) is 2. The van der Waals surface area contributed by atoms with E-state index < -0.39 is 0 Å². The van der Waals surface area contributed by atoms with Gasteiger partial charge in [0.25, 0.3) is 0 Å². The van der Waals surface area contributed by atoms with Crippen LogP contribution in [0.1, 0.15) is 20.7 Å². The average Bonchev–Trinajstić information content (AvgIpc) is 2.81. The Hall–Kier alpha value is -2.96. The van der Waals surface area contributed by atoms with Gasteiger partial charge in [-0.3, -0.25) is 9.59 Å². The van der Waals surface area contributed by atoms with Gasteiger partial charge >= 0.3 is 0 Å². The number of carbonyl (C=O) groups is 2. The summed E-state index contributed by atoms with van der Waals surface area (Å²) in [5.41, 5.74) is 2.16. The van der Waals surface area contributed by atoms with E-state index in [4.69, 9.17) is 0 Å². The van der Waals surface area contributed by atoms with Crippen LogP contribution in [-0.4, -0.2) is 33.0 Å². The molecule has 0 bridgehead atoms. The van der Waals surface area contributed by atoms with Crippen molar-refractivity contribution in [1.82, 2.24) is 9.97 Å². The number of hydrogen-bond donors (Lipinski definition) is 0. The number of fused-ring (bicyclic) bond motifs is 1. The maximum absolute atomic E-state index is 12.5. The fourth-order valence-corrected chi connectivity index (χ4v) is 4.60. The van der Waals surface area contributed by atoms with E-state index in [9.17, 15) is 9.59 Å². The van der Waals surface area contributed by atoms with Crippen molar-refractivity contribution < 1.29 is 9.59 Å². The first-order chi connectivity index (χ1) is 14.7. The van der Waals surface area contributed by atoms with Crippen molar-refractivity contribution in [2.24, 2.45) is 0 Å². The Kier molecular flexibility index (Phi) is 6.57. The number of carbonyl (C=O) groups excluding carboxylic acids is 2. The van der Waals surface area contributed by atoms with Crippen molar-refractivity contribution in [3.8, 4) is 0 Å². The summed E-state index contributed by atoms with van der Waals surface area (Å²) in [6.07, 6.45) is 0. The van der Waals surface area contributed by atoms with E-state index in [1.807, 2.05) is 72.8 Å². The van der Waals surface area contributed by atoms with Gasteiger partial charge in [-0.15, -0.1) is 0 Å². The van der Waals surface area contributed by atoms with Gasteiger partial charge in [0.15, 0.2) is 16.7 Å². The Morgan fingerprint density at radius 2 is 1.17 bits per heavy atom. The van der Waals surface area contributed by atoms with Gasteiger partial charge in [0.1, 0.15) is 5.03 Å². The lowest BCUT2D eigenvalue weighted by Crippen LogP contribution is -2.04. The zero-order chi connectivity index (χ0) is 20.8. The van der Waals surface area contributed by atoms with Crippen LogP contribution in [0.15, 0.2) is 95.1 Å². The van der Waals surface area contributed by atoms with E-state index in [0.29, 0.717) is 16.3 Å². The van der Waals surface area contributed by atoms with E-state index >= 15 is 0 Å². The molecule has 0 aliphatic rings. The van der Waals surface area contributed by atoms with Crippen LogP contribution in [0.25, 0.3) is 10.9 Å². The van der Waals surface area contributed by atoms with E-state index in [-0.39, 0.29) is 23.1 Å². The van der Waals surface area contributed by atoms with E-state index in [2.05, 4.69) is 9.97 Å². The van der Waals surface area contributed by atoms with Gasteiger partial charge in [0.05, 0.1) is 17.0 Å². The molecule has 0 aliphatic carbocycles. The standard InChI is InChI=1S/C24H18N2O2S2/c27-21(17-9-3-1-4-10-17)15-29-23-19-13-7-8-14-20(19)25-24(26-23)30-16-22(28)18-11-5-2-6-12-18/h1-14H,15-16H2. The molecule has 4 nitrogen and oxygen atoms in total. The van der Waals surface area contributed by atoms with Crippen LogP contribution in [0.2, 0.25) is 0 Å². The third-order valence-electron chi connectivity index (χ3n) is 4.41. The van der Waals surface area contributed by atoms with Gasteiger partial charge in [-0.1, -0.05) is 102 Å². The minimum atomic E-state index is 0.0332. The molecule has 0 fully saturated rings. The maximum atomic E-state index is 12.5. The fourth-order valence-electron chi connectivity index (χ4n) is 2.88. The molecule has 1 heterocycles. The molecule has 148 valence electrons. The number of rotatable bonds is 8. The van der Waals surface area contributed by atoms with Crippen molar-refractivity contribution in [3.63, 3.8) is 0 Å². The summed E-state index contributed by atoms with van der Waals surface area (Å²) in [5, 5.41) is 2.19. The third-order valence-corrected chi connectivity index (χ3v) is 6.25. The lowest BCUT2D eigenvalue weighted by atomic mass is 10.2. The molecule has 0 N–H and O–H groups in total. The summed E-state index contributed by atoms with van der Waals surface area (Å²) in [5.74, 6) is 0.635. The third kappa shape index (κ3) is 4.96. The zero-order valence-electron chi connectivity index (χ0n) is 16.0. The minimum Gasteiger partial charge on any atom is -0.293 e. The second-order valence-electron chi connectivity index (χ2n) is 6.48. The van der Waals surface area contributed by atoms with E-state index in [1.165, 1.54) is 23.5 Å². The predicted octanol–water partition coefficient (Wildman–Crippen LogP) is 5.58. The van der Waals surface area contributed by atoms with Crippen LogP contribution in [-0.2, 0) is 0 Å². The van der Waals surface area contributed by atoms with Crippen LogP contribution in [0.4, 0.5) is 0 Å². The summed E-state index contributed by atoms with van der Waals surface area (Å²) in [7, 11) is 0. The molecule has 3 aromatic carbocycles. The average molecular weight is 431 g/mol. The molecular formula is C24H18N2O2S2. The molecule has 4 rings (SSSR count). The van der Waals surface area contributed by atoms with Gasteiger partial charge in [-0.2, -0.15) is 0 Å². The van der Waals surface area contributed by atoms with Gasteiger partial charge in [-0.05, 0) is 6.07 Å². The van der Waals surface area contributed by atoms with Crippen LogP contribution in [0.5, 0.6) is 0 Å². The number of thioether (sulfide) groups is 2. The Morgan fingerprint density at radius 1 is 0.633 bits per heavy atom. The summed E-state index contributed by atoms with van der Waals surface area (Å²) in [6.45, 7) is 0. The number of para-hydroxylation sites is 1. The van der Waals surface area contributed by atoms with E-state index in [1.54, 1.807) is 12.1 Å². The predicted molar refractivity (Wildman–Crippen MR) is 123 cm³/mol. The van der Waals surface area contributed by atoms with Gasteiger partial charge in [0, 0.05) is 16.5 Å². The largest absolute Gasteiger partial charge is 0.293 e. The minimum absolute atomic E-state index is 0.0332. The fraction of sp³-hybridized carbons (Fsp3) is 0.0833. The quantitative estimate of drug-likeness (QED) is 0.157. The molecule has 4 aromatic rings. The van der Waals surface area contributed by atoms with Crippen molar-refractivity contribution in [2.75, 3.05) is 11.5 Å². The Bertz CT molecular complexity index is 1180. The highest BCUT2D eigenvalue weighted by Gasteiger charge is 2.13. The molecule has 6 heteroatoms. The summed E-state index contributed by atoms with van der Waals surface area (Å²) in [4.78, 5) is 34.1. The van der Waals surface area contributed by atoms with Gasteiger partial charge in [-0.25, -0.2) is 9.97 Å². The second-order valence-corrected chi connectivity index (χ2v) is 8.39. The molecule has 30 heavy (non-hydrogen) atoms. The summed E-state index contributed by atoms with van der Waals surface area (Å²) >= 11 is 2.71. The number of aromatic nitrogens is 2. The molecule has 0 radical (unpaired) electrons. The molecule has 0 saturated carbocycles. The summed E-state index contributed by atoms with van der Waals surface area (Å²) < 4.78 is 0. The molecular weight excluding hydrogens is 412 g/mol. The number of benzene rings is 3. The molecule has 1 aromatic heterocycles.